The van der Waals surface area contributed by atoms with Gasteiger partial charge in [0.15, 0.2) is 0 Å². The fraction of sp³-hybridized carbons (Fsp3) is 0.200. The molecular weight excluding hydrogens is 341 g/mol. The van der Waals surface area contributed by atoms with Crippen molar-refractivity contribution >= 4 is 28.5 Å². The van der Waals surface area contributed by atoms with Gasteiger partial charge in [-0.05, 0) is 56.7 Å². The lowest BCUT2D eigenvalue weighted by Crippen LogP contribution is -2.05. The van der Waals surface area contributed by atoms with Crippen molar-refractivity contribution in [3.05, 3.63) is 64.1 Å². The summed E-state index contributed by atoms with van der Waals surface area (Å²) in [5, 5.41) is 0.984. The van der Waals surface area contributed by atoms with Crippen molar-refractivity contribution in [1.82, 2.24) is 4.98 Å². The van der Waals surface area contributed by atoms with Gasteiger partial charge < -0.3 is 4.74 Å². The van der Waals surface area contributed by atoms with E-state index in [0.717, 1.165) is 11.3 Å². The molecule has 1 heterocycles. The molecule has 0 spiro atoms. The van der Waals surface area contributed by atoms with E-state index in [1.807, 2.05) is 13.8 Å². The molecular formula is C20H17ClFNO2. The Morgan fingerprint density at radius 1 is 1.20 bits per heavy atom. The molecule has 0 aliphatic rings. The SMILES string of the molecule is CCOC(=O)c1ccc2nc(C)c(C)c(-c3c(F)cccc3Cl)c2c1. The summed E-state index contributed by atoms with van der Waals surface area (Å²) in [6.45, 7) is 5.77. The molecule has 0 bridgehead atoms. The zero-order valence-corrected chi connectivity index (χ0v) is 14.9. The summed E-state index contributed by atoms with van der Waals surface area (Å²) in [6.07, 6.45) is 0. The van der Waals surface area contributed by atoms with Crippen molar-refractivity contribution in [2.75, 3.05) is 6.61 Å². The Balaban J connectivity index is 2.38. The molecule has 2 aromatic carbocycles. The first-order chi connectivity index (χ1) is 11.9. The van der Waals surface area contributed by atoms with Crippen LogP contribution in [0.2, 0.25) is 5.02 Å². The van der Waals surface area contributed by atoms with Gasteiger partial charge in [0.05, 0.1) is 22.7 Å². The third-order valence-corrected chi connectivity index (χ3v) is 4.51. The average Bonchev–Trinajstić information content (AvgIpc) is 2.57. The van der Waals surface area contributed by atoms with E-state index in [0.29, 0.717) is 32.6 Å². The van der Waals surface area contributed by atoms with Crippen LogP contribution in [-0.2, 0) is 4.74 Å². The van der Waals surface area contributed by atoms with E-state index in [4.69, 9.17) is 16.3 Å². The Morgan fingerprint density at radius 3 is 2.64 bits per heavy atom. The number of esters is 1. The number of carbonyl (C=O) groups excluding carboxylic acids is 1. The maximum Gasteiger partial charge on any atom is 0.338 e. The quantitative estimate of drug-likeness (QED) is 0.582. The van der Waals surface area contributed by atoms with Gasteiger partial charge in [-0.3, -0.25) is 4.98 Å². The average molecular weight is 358 g/mol. The summed E-state index contributed by atoms with van der Waals surface area (Å²) in [4.78, 5) is 16.6. The van der Waals surface area contributed by atoms with Gasteiger partial charge in [-0.15, -0.1) is 0 Å². The number of halogens is 2. The summed E-state index contributed by atoms with van der Waals surface area (Å²) >= 11 is 6.29. The summed E-state index contributed by atoms with van der Waals surface area (Å²) in [5.74, 6) is -0.836. The Morgan fingerprint density at radius 2 is 1.96 bits per heavy atom. The minimum atomic E-state index is -0.423. The summed E-state index contributed by atoms with van der Waals surface area (Å²) in [6, 6.07) is 9.68. The highest BCUT2D eigenvalue weighted by Crippen LogP contribution is 2.38. The smallest absolute Gasteiger partial charge is 0.338 e. The Labute approximate surface area is 150 Å². The summed E-state index contributed by atoms with van der Waals surface area (Å²) in [7, 11) is 0. The Bertz CT molecular complexity index is 965. The van der Waals surface area contributed by atoms with Crippen molar-refractivity contribution in [2.24, 2.45) is 0 Å². The fourth-order valence-corrected chi connectivity index (χ4v) is 3.14. The van der Waals surface area contributed by atoms with Gasteiger partial charge in [0.25, 0.3) is 0 Å². The molecule has 3 aromatic rings. The maximum atomic E-state index is 14.6. The topological polar surface area (TPSA) is 39.2 Å². The van der Waals surface area contributed by atoms with Crippen LogP contribution >= 0.6 is 11.6 Å². The van der Waals surface area contributed by atoms with E-state index in [1.54, 1.807) is 37.3 Å². The van der Waals surface area contributed by atoms with Crippen LogP contribution in [0, 0.1) is 19.7 Å². The minimum absolute atomic E-state index is 0.286. The van der Waals surface area contributed by atoms with Gasteiger partial charge in [-0.1, -0.05) is 17.7 Å². The molecule has 3 rings (SSSR count). The molecule has 0 radical (unpaired) electrons. The van der Waals surface area contributed by atoms with Crippen molar-refractivity contribution in [2.45, 2.75) is 20.8 Å². The van der Waals surface area contributed by atoms with Crippen molar-refractivity contribution in [3.8, 4) is 11.1 Å². The first kappa shape index (κ1) is 17.4. The molecule has 1 aromatic heterocycles. The number of aryl methyl sites for hydroxylation is 1. The van der Waals surface area contributed by atoms with Crippen molar-refractivity contribution in [3.63, 3.8) is 0 Å². The second-order valence-corrected chi connectivity index (χ2v) is 6.15. The number of nitrogens with zero attached hydrogens (tertiary/aromatic N) is 1. The molecule has 0 atom stereocenters. The number of pyridine rings is 1. The molecule has 128 valence electrons. The fourth-order valence-electron chi connectivity index (χ4n) is 2.88. The highest BCUT2D eigenvalue weighted by molar-refractivity contribution is 6.33. The number of fused-ring (bicyclic) bond motifs is 1. The number of benzene rings is 2. The molecule has 0 amide bonds. The number of hydrogen-bond acceptors (Lipinski definition) is 3. The first-order valence-electron chi connectivity index (χ1n) is 7.96. The number of rotatable bonds is 3. The van der Waals surface area contributed by atoms with Gasteiger partial charge in [0, 0.05) is 22.2 Å². The molecule has 3 nitrogen and oxygen atoms in total. The standard InChI is InChI=1S/C20H17ClFNO2/c1-4-25-20(24)13-8-9-17-14(10-13)18(11(2)12(3)23-17)19-15(21)6-5-7-16(19)22/h5-10H,4H2,1-3H3. The van der Waals surface area contributed by atoms with Crippen molar-refractivity contribution in [1.29, 1.82) is 0 Å². The van der Waals surface area contributed by atoms with Crippen molar-refractivity contribution < 1.29 is 13.9 Å². The van der Waals surface area contributed by atoms with E-state index in [2.05, 4.69) is 4.98 Å². The van der Waals surface area contributed by atoms with Gasteiger partial charge in [-0.2, -0.15) is 0 Å². The van der Waals surface area contributed by atoms with E-state index in [1.165, 1.54) is 6.07 Å². The van der Waals surface area contributed by atoms with Gasteiger partial charge in [0.2, 0.25) is 0 Å². The number of carbonyl (C=O) groups is 1. The van der Waals surface area contributed by atoms with Gasteiger partial charge in [0.1, 0.15) is 5.82 Å². The van der Waals surface area contributed by atoms with E-state index in [9.17, 15) is 9.18 Å². The maximum absolute atomic E-state index is 14.6. The second kappa shape index (κ2) is 6.81. The van der Waals surface area contributed by atoms with Crippen LogP contribution in [0.5, 0.6) is 0 Å². The Kier molecular flexibility index (Phi) is 4.73. The number of hydrogen-bond donors (Lipinski definition) is 0. The second-order valence-electron chi connectivity index (χ2n) is 5.75. The molecule has 25 heavy (non-hydrogen) atoms. The van der Waals surface area contributed by atoms with Crippen LogP contribution in [0.15, 0.2) is 36.4 Å². The molecule has 5 heteroatoms. The van der Waals surface area contributed by atoms with Crippen LogP contribution in [-0.4, -0.2) is 17.6 Å². The van der Waals surface area contributed by atoms with E-state index >= 15 is 0 Å². The van der Waals surface area contributed by atoms with Crippen LogP contribution in [0.1, 0.15) is 28.5 Å². The molecule has 0 fully saturated rings. The molecule has 0 aliphatic carbocycles. The molecule has 0 unspecified atom stereocenters. The zero-order chi connectivity index (χ0) is 18.1. The van der Waals surface area contributed by atoms with Crippen LogP contribution in [0.4, 0.5) is 4.39 Å². The number of ether oxygens (including phenoxy) is 1. The minimum Gasteiger partial charge on any atom is -0.462 e. The molecule has 0 aliphatic heterocycles. The molecule has 0 saturated carbocycles. The first-order valence-corrected chi connectivity index (χ1v) is 8.34. The molecule has 0 N–H and O–H groups in total. The van der Waals surface area contributed by atoms with Gasteiger partial charge >= 0.3 is 5.97 Å². The third kappa shape index (κ3) is 3.10. The van der Waals surface area contributed by atoms with Crippen LogP contribution < -0.4 is 0 Å². The van der Waals surface area contributed by atoms with Gasteiger partial charge in [-0.25, -0.2) is 9.18 Å². The predicted molar refractivity (Wildman–Crippen MR) is 97.6 cm³/mol. The van der Waals surface area contributed by atoms with E-state index in [-0.39, 0.29) is 6.61 Å². The molecule has 0 saturated heterocycles. The number of aromatic nitrogens is 1. The zero-order valence-electron chi connectivity index (χ0n) is 14.2. The van der Waals surface area contributed by atoms with E-state index < -0.39 is 11.8 Å². The normalized spacial score (nSPS) is 10.9. The monoisotopic (exact) mass is 357 g/mol. The third-order valence-electron chi connectivity index (χ3n) is 4.20. The predicted octanol–water partition coefficient (Wildman–Crippen LogP) is 5.49. The van der Waals surface area contributed by atoms with Crippen LogP contribution in [0.3, 0.4) is 0 Å². The van der Waals surface area contributed by atoms with Crippen LogP contribution in [0.25, 0.3) is 22.0 Å². The largest absolute Gasteiger partial charge is 0.462 e. The lowest BCUT2D eigenvalue weighted by Gasteiger charge is -2.15. The summed E-state index contributed by atoms with van der Waals surface area (Å²) in [5.41, 5.74) is 3.64. The summed E-state index contributed by atoms with van der Waals surface area (Å²) < 4.78 is 19.6. The highest BCUT2D eigenvalue weighted by Gasteiger charge is 2.19. The lowest BCUT2D eigenvalue weighted by molar-refractivity contribution is 0.0526. The Hall–Kier alpha value is -2.46. The highest BCUT2D eigenvalue weighted by atomic mass is 35.5. The lowest BCUT2D eigenvalue weighted by atomic mass is 9.94.